The van der Waals surface area contributed by atoms with E-state index in [9.17, 15) is 14.0 Å². The molecule has 0 radical (unpaired) electrons. The summed E-state index contributed by atoms with van der Waals surface area (Å²) in [5.74, 6) is -1.72. The summed E-state index contributed by atoms with van der Waals surface area (Å²) in [6, 6.07) is 2.50. The second kappa shape index (κ2) is 5.44. The smallest absolute Gasteiger partial charge is 0.326 e. The lowest BCUT2D eigenvalue weighted by Gasteiger charge is -2.22. The van der Waals surface area contributed by atoms with Crippen LogP contribution in [0, 0.1) is 5.82 Å². The zero-order chi connectivity index (χ0) is 14.0. The van der Waals surface area contributed by atoms with E-state index in [0.29, 0.717) is 19.4 Å². The van der Waals surface area contributed by atoms with Crippen molar-refractivity contribution in [3.05, 3.63) is 29.0 Å². The number of carbonyl (C=O) groups excluding carboxylic acids is 1. The number of hydrogen-bond donors (Lipinski definition) is 2. The number of para-hydroxylation sites is 1. The van der Waals surface area contributed by atoms with E-state index in [2.05, 4.69) is 5.32 Å². The van der Waals surface area contributed by atoms with Crippen LogP contribution in [0.2, 0.25) is 5.02 Å². The molecule has 0 aliphatic carbocycles. The van der Waals surface area contributed by atoms with Crippen LogP contribution in [0.1, 0.15) is 12.8 Å². The number of amides is 2. The number of likely N-dealkylation sites (tertiary alicyclic amines) is 1. The van der Waals surface area contributed by atoms with Crippen LogP contribution >= 0.6 is 11.6 Å². The number of nitrogens with one attached hydrogen (secondary N) is 1. The van der Waals surface area contributed by atoms with Crippen molar-refractivity contribution in [1.29, 1.82) is 0 Å². The fraction of sp³-hybridized carbons (Fsp3) is 0.333. The van der Waals surface area contributed by atoms with Gasteiger partial charge < -0.3 is 15.3 Å². The molecule has 5 nitrogen and oxygen atoms in total. The minimum Gasteiger partial charge on any atom is -0.480 e. The van der Waals surface area contributed by atoms with Gasteiger partial charge in [-0.3, -0.25) is 0 Å². The van der Waals surface area contributed by atoms with Crippen LogP contribution < -0.4 is 5.32 Å². The Labute approximate surface area is 114 Å². The van der Waals surface area contributed by atoms with Crippen LogP contribution in [0.3, 0.4) is 0 Å². The number of aliphatic carboxylic acids is 1. The summed E-state index contributed by atoms with van der Waals surface area (Å²) in [5.41, 5.74) is -0.134. The Hall–Kier alpha value is -1.82. The molecule has 2 N–H and O–H groups in total. The third-order valence-electron chi connectivity index (χ3n) is 2.99. The molecule has 0 aromatic heterocycles. The number of carboxylic acid groups (broad SMARTS) is 1. The highest BCUT2D eigenvalue weighted by Gasteiger charge is 2.34. The molecule has 0 spiro atoms. The summed E-state index contributed by atoms with van der Waals surface area (Å²) < 4.78 is 13.5. The molecule has 1 atom stereocenters. The number of halogens is 2. The van der Waals surface area contributed by atoms with Gasteiger partial charge in [-0.05, 0) is 25.0 Å². The first-order valence-electron chi connectivity index (χ1n) is 5.75. The number of anilines is 1. The van der Waals surface area contributed by atoms with Gasteiger partial charge in [0.2, 0.25) is 0 Å². The molecule has 1 unspecified atom stereocenters. The van der Waals surface area contributed by atoms with Gasteiger partial charge in [0.25, 0.3) is 0 Å². The summed E-state index contributed by atoms with van der Waals surface area (Å²) >= 11 is 5.79. The maximum absolute atomic E-state index is 13.5. The average molecular weight is 287 g/mol. The number of hydrogen-bond acceptors (Lipinski definition) is 2. The number of carbonyl (C=O) groups is 2. The lowest BCUT2D eigenvalue weighted by atomic mass is 10.2. The SMILES string of the molecule is O=C(O)C1CCCN1C(=O)Nc1c(F)cccc1Cl. The van der Waals surface area contributed by atoms with Crippen molar-refractivity contribution in [3.63, 3.8) is 0 Å². The molecule has 0 saturated carbocycles. The summed E-state index contributed by atoms with van der Waals surface area (Å²) in [5, 5.41) is 11.4. The Kier molecular flexibility index (Phi) is 3.90. The van der Waals surface area contributed by atoms with E-state index >= 15 is 0 Å². The topological polar surface area (TPSA) is 69.6 Å². The fourth-order valence-electron chi connectivity index (χ4n) is 2.06. The molecule has 1 aliphatic rings. The summed E-state index contributed by atoms with van der Waals surface area (Å²) in [4.78, 5) is 24.1. The quantitative estimate of drug-likeness (QED) is 0.878. The molecule has 102 valence electrons. The van der Waals surface area contributed by atoms with Crippen molar-refractivity contribution < 1.29 is 19.1 Å². The standard InChI is InChI=1S/C12H12ClFN2O3/c13-7-3-1-4-8(14)10(7)15-12(19)16-6-2-5-9(16)11(17)18/h1,3-4,9H,2,5-6H2,(H,15,19)(H,17,18). The van der Waals surface area contributed by atoms with Gasteiger partial charge in [-0.1, -0.05) is 17.7 Å². The Morgan fingerprint density at radius 3 is 2.84 bits per heavy atom. The molecule has 1 aromatic rings. The van der Waals surface area contributed by atoms with Gasteiger partial charge in [0.1, 0.15) is 11.9 Å². The first-order chi connectivity index (χ1) is 9.00. The third-order valence-corrected chi connectivity index (χ3v) is 3.31. The number of carboxylic acids is 1. The highest BCUT2D eigenvalue weighted by Crippen LogP contribution is 2.26. The minimum absolute atomic E-state index is 0.0689. The number of nitrogens with zero attached hydrogens (tertiary/aromatic N) is 1. The highest BCUT2D eigenvalue weighted by molar-refractivity contribution is 6.33. The van der Waals surface area contributed by atoms with Crippen LogP contribution in [0.4, 0.5) is 14.9 Å². The van der Waals surface area contributed by atoms with Gasteiger partial charge in [-0.25, -0.2) is 14.0 Å². The van der Waals surface area contributed by atoms with Crippen molar-refractivity contribution in [3.8, 4) is 0 Å². The van der Waals surface area contributed by atoms with Gasteiger partial charge in [0, 0.05) is 6.54 Å². The van der Waals surface area contributed by atoms with Gasteiger partial charge >= 0.3 is 12.0 Å². The lowest BCUT2D eigenvalue weighted by molar-refractivity contribution is -0.141. The molecule has 2 rings (SSSR count). The Morgan fingerprint density at radius 1 is 1.47 bits per heavy atom. The van der Waals surface area contributed by atoms with Crippen LogP contribution in [0.15, 0.2) is 18.2 Å². The molecule has 7 heteroatoms. The molecule has 1 saturated heterocycles. The predicted molar refractivity (Wildman–Crippen MR) is 67.8 cm³/mol. The molecule has 1 fully saturated rings. The average Bonchev–Trinajstić information content (AvgIpc) is 2.83. The molecule has 1 heterocycles. The summed E-state index contributed by atoms with van der Waals surface area (Å²) in [6.07, 6.45) is 1.00. The Morgan fingerprint density at radius 2 is 2.21 bits per heavy atom. The van der Waals surface area contributed by atoms with Gasteiger partial charge in [-0.2, -0.15) is 0 Å². The molecule has 0 bridgehead atoms. The molecule has 1 aliphatic heterocycles. The molecule has 19 heavy (non-hydrogen) atoms. The van der Waals surface area contributed by atoms with E-state index in [0.717, 1.165) is 0 Å². The van der Waals surface area contributed by atoms with Crippen LogP contribution in [0.25, 0.3) is 0 Å². The highest BCUT2D eigenvalue weighted by atomic mass is 35.5. The van der Waals surface area contributed by atoms with Crippen LogP contribution in [0.5, 0.6) is 0 Å². The zero-order valence-corrected chi connectivity index (χ0v) is 10.7. The van der Waals surface area contributed by atoms with Crippen LogP contribution in [-0.2, 0) is 4.79 Å². The monoisotopic (exact) mass is 286 g/mol. The first kappa shape index (κ1) is 13.6. The normalized spacial score (nSPS) is 18.4. The van der Waals surface area contributed by atoms with Crippen molar-refractivity contribution in [2.45, 2.75) is 18.9 Å². The van der Waals surface area contributed by atoms with E-state index in [-0.39, 0.29) is 10.7 Å². The van der Waals surface area contributed by atoms with E-state index < -0.39 is 23.9 Å². The maximum Gasteiger partial charge on any atom is 0.326 e. The second-order valence-corrected chi connectivity index (χ2v) is 4.62. The molecular weight excluding hydrogens is 275 g/mol. The Balaban J connectivity index is 2.15. The van der Waals surface area contributed by atoms with E-state index in [1.165, 1.54) is 23.1 Å². The van der Waals surface area contributed by atoms with Gasteiger partial charge in [0.15, 0.2) is 0 Å². The summed E-state index contributed by atoms with van der Waals surface area (Å²) in [7, 11) is 0. The largest absolute Gasteiger partial charge is 0.480 e. The molecule has 2 amide bonds. The molecular formula is C12H12ClFN2O3. The van der Waals surface area contributed by atoms with E-state index in [1.54, 1.807) is 0 Å². The number of benzene rings is 1. The van der Waals surface area contributed by atoms with Crippen molar-refractivity contribution in [1.82, 2.24) is 4.90 Å². The predicted octanol–water partition coefficient (Wildman–Crippen LogP) is 2.56. The first-order valence-corrected chi connectivity index (χ1v) is 6.13. The number of urea groups is 1. The van der Waals surface area contributed by atoms with Gasteiger partial charge in [0.05, 0.1) is 10.7 Å². The van der Waals surface area contributed by atoms with Crippen LogP contribution in [-0.4, -0.2) is 34.6 Å². The minimum atomic E-state index is -1.06. The van der Waals surface area contributed by atoms with Crippen molar-refractivity contribution in [2.24, 2.45) is 0 Å². The number of rotatable bonds is 2. The maximum atomic E-state index is 13.5. The fourth-order valence-corrected chi connectivity index (χ4v) is 2.27. The zero-order valence-electron chi connectivity index (χ0n) is 9.90. The lowest BCUT2D eigenvalue weighted by Crippen LogP contribution is -2.42. The molecule has 1 aromatic carbocycles. The second-order valence-electron chi connectivity index (χ2n) is 4.22. The Bertz CT molecular complexity index is 503. The van der Waals surface area contributed by atoms with Crippen molar-refractivity contribution in [2.75, 3.05) is 11.9 Å². The van der Waals surface area contributed by atoms with E-state index in [1.807, 2.05) is 0 Å². The summed E-state index contributed by atoms with van der Waals surface area (Å²) in [6.45, 7) is 0.328. The van der Waals surface area contributed by atoms with E-state index in [4.69, 9.17) is 16.7 Å². The van der Waals surface area contributed by atoms with Gasteiger partial charge in [-0.15, -0.1) is 0 Å². The van der Waals surface area contributed by atoms with Crippen molar-refractivity contribution >= 4 is 29.3 Å². The third kappa shape index (κ3) is 2.78.